The standard InChI is InChI=1S/C16H18N4O4S/c1-4-16(3)14(23)20(15(24)18-16)19-13(22)9-5-6-11-10(7-9)17-12(21)8(2)25-11/h5-8H,4H2,1-3H3,(H,17,21)(H,18,24)(H,19,22)/t8-,16-/m0/s1. The van der Waals surface area contributed by atoms with Crippen molar-refractivity contribution >= 4 is 41.2 Å². The molecule has 9 heteroatoms. The largest absolute Gasteiger partial charge is 0.344 e. The van der Waals surface area contributed by atoms with Crippen LogP contribution in [-0.2, 0) is 9.59 Å². The number of nitrogens with zero attached hydrogens (tertiary/aromatic N) is 1. The van der Waals surface area contributed by atoms with E-state index in [0.29, 0.717) is 17.1 Å². The molecular formula is C16H18N4O4S. The number of hydrogen-bond donors (Lipinski definition) is 3. The number of nitrogens with one attached hydrogen (secondary N) is 3. The number of hydrazine groups is 1. The lowest BCUT2D eigenvalue weighted by Crippen LogP contribution is -2.48. The Morgan fingerprint density at radius 2 is 2.08 bits per heavy atom. The van der Waals surface area contributed by atoms with E-state index in [1.807, 2.05) is 0 Å². The van der Waals surface area contributed by atoms with Gasteiger partial charge >= 0.3 is 6.03 Å². The molecule has 0 bridgehead atoms. The maximum Gasteiger partial charge on any atom is 0.344 e. The Kier molecular flexibility index (Phi) is 4.19. The molecule has 2 aliphatic heterocycles. The number of benzene rings is 1. The Labute approximate surface area is 148 Å². The van der Waals surface area contributed by atoms with Gasteiger partial charge in [-0.05, 0) is 38.5 Å². The SMILES string of the molecule is CC[C@]1(C)NC(=O)N(NC(=O)c2ccc3c(c2)NC(=O)[C@H](C)S3)C1=O. The number of carbonyl (C=O) groups is 4. The highest BCUT2D eigenvalue weighted by Gasteiger charge is 2.47. The van der Waals surface area contributed by atoms with Crippen LogP contribution in [0, 0.1) is 0 Å². The summed E-state index contributed by atoms with van der Waals surface area (Å²) in [5.74, 6) is -1.25. The summed E-state index contributed by atoms with van der Waals surface area (Å²) in [7, 11) is 0. The summed E-state index contributed by atoms with van der Waals surface area (Å²) in [5, 5.41) is 5.79. The Hall–Kier alpha value is -2.55. The molecule has 2 aliphatic rings. The first-order chi connectivity index (χ1) is 11.7. The van der Waals surface area contributed by atoms with Crippen molar-refractivity contribution in [3.8, 4) is 0 Å². The van der Waals surface area contributed by atoms with Gasteiger partial charge in [-0.1, -0.05) is 6.92 Å². The molecule has 0 saturated carbocycles. The topological polar surface area (TPSA) is 108 Å². The zero-order valence-electron chi connectivity index (χ0n) is 14.0. The van der Waals surface area contributed by atoms with E-state index < -0.39 is 23.4 Å². The van der Waals surface area contributed by atoms with E-state index in [0.717, 1.165) is 4.90 Å². The molecule has 8 nitrogen and oxygen atoms in total. The second-order valence-corrected chi connectivity index (χ2v) is 7.54. The fourth-order valence-corrected chi connectivity index (χ4v) is 3.47. The summed E-state index contributed by atoms with van der Waals surface area (Å²) < 4.78 is 0. The number of imide groups is 1. The maximum atomic E-state index is 12.4. The molecule has 5 amide bonds. The van der Waals surface area contributed by atoms with Crippen LogP contribution in [0.25, 0.3) is 0 Å². The van der Waals surface area contributed by atoms with Crippen LogP contribution in [0.3, 0.4) is 0 Å². The number of amides is 5. The van der Waals surface area contributed by atoms with Gasteiger partial charge in [0.25, 0.3) is 11.8 Å². The zero-order valence-corrected chi connectivity index (χ0v) is 14.8. The Bertz CT molecular complexity index is 796. The minimum absolute atomic E-state index is 0.136. The van der Waals surface area contributed by atoms with Gasteiger partial charge in [0.15, 0.2) is 0 Å². The van der Waals surface area contributed by atoms with Crippen LogP contribution in [-0.4, -0.2) is 39.6 Å². The van der Waals surface area contributed by atoms with Gasteiger partial charge in [0, 0.05) is 10.5 Å². The fourth-order valence-electron chi connectivity index (χ4n) is 2.54. The third-order valence-corrected chi connectivity index (χ3v) is 5.53. The highest BCUT2D eigenvalue weighted by Crippen LogP contribution is 2.35. The van der Waals surface area contributed by atoms with E-state index in [-0.39, 0.29) is 16.7 Å². The lowest BCUT2D eigenvalue weighted by Gasteiger charge is -2.22. The van der Waals surface area contributed by atoms with Crippen LogP contribution >= 0.6 is 11.8 Å². The molecule has 0 radical (unpaired) electrons. The number of carbonyl (C=O) groups excluding carboxylic acids is 4. The number of fused-ring (bicyclic) bond motifs is 1. The van der Waals surface area contributed by atoms with Crippen LogP contribution < -0.4 is 16.1 Å². The van der Waals surface area contributed by atoms with E-state index >= 15 is 0 Å². The number of hydrogen-bond acceptors (Lipinski definition) is 5. The first-order valence-electron chi connectivity index (χ1n) is 7.84. The van der Waals surface area contributed by atoms with Crippen molar-refractivity contribution in [2.75, 3.05) is 5.32 Å². The van der Waals surface area contributed by atoms with Gasteiger partial charge < -0.3 is 10.6 Å². The average molecular weight is 362 g/mol. The van der Waals surface area contributed by atoms with E-state index in [1.54, 1.807) is 32.9 Å². The summed E-state index contributed by atoms with van der Waals surface area (Å²) in [5.41, 5.74) is 2.07. The van der Waals surface area contributed by atoms with Gasteiger partial charge in [-0.25, -0.2) is 4.79 Å². The first kappa shape index (κ1) is 17.3. The van der Waals surface area contributed by atoms with E-state index in [2.05, 4.69) is 16.1 Å². The summed E-state index contributed by atoms with van der Waals surface area (Å²) in [4.78, 5) is 49.3. The highest BCUT2D eigenvalue weighted by atomic mass is 32.2. The van der Waals surface area contributed by atoms with Crippen molar-refractivity contribution in [1.29, 1.82) is 0 Å². The van der Waals surface area contributed by atoms with E-state index in [9.17, 15) is 19.2 Å². The monoisotopic (exact) mass is 362 g/mol. The minimum Gasteiger partial charge on any atom is -0.324 e. The molecule has 132 valence electrons. The van der Waals surface area contributed by atoms with Crippen molar-refractivity contribution in [2.45, 2.75) is 42.9 Å². The normalized spacial score (nSPS) is 25.3. The second kappa shape index (κ2) is 6.07. The molecule has 1 fully saturated rings. The quantitative estimate of drug-likeness (QED) is 0.706. The summed E-state index contributed by atoms with van der Waals surface area (Å²) in [6.45, 7) is 5.17. The predicted octanol–water partition coefficient (Wildman–Crippen LogP) is 1.48. The first-order valence-corrected chi connectivity index (χ1v) is 8.72. The van der Waals surface area contributed by atoms with Crippen LogP contribution in [0.4, 0.5) is 10.5 Å². The minimum atomic E-state index is -1.03. The molecule has 25 heavy (non-hydrogen) atoms. The molecule has 2 atom stereocenters. The number of anilines is 1. The molecular weight excluding hydrogens is 344 g/mol. The number of rotatable bonds is 3. The highest BCUT2D eigenvalue weighted by molar-refractivity contribution is 8.00. The smallest absolute Gasteiger partial charge is 0.324 e. The number of urea groups is 1. The fraction of sp³-hybridized carbons (Fsp3) is 0.375. The van der Waals surface area contributed by atoms with Gasteiger partial charge in [-0.3, -0.25) is 19.8 Å². The average Bonchev–Trinajstić information content (AvgIpc) is 2.79. The second-order valence-electron chi connectivity index (χ2n) is 6.16. The van der Waals surface area contributed by atoms with Crippen LogP contribution in [0.5, 0.6) is 0 Å². The lowest BCUT2D eigenvalue weighted by molar-refractivity contribution is -0.132. The molecule has 0 unspecified atom stereocenters. The molecule has 3 rings (SSSR count). The van der Waals surface area contributed by atoms with Crippen LogP contribution in [0.2, 0.25) is 0 Å². The van der Waals surface area contributed by atoms with Crippen molar-refractivity contribution in [2.24, 2.45) is 0 Å². The van der Waals surface area contributed by atoms with Crippen LogP contribution in [0.1, 0.15) is 37.6 Å². The summed E-state index contributed by atoms with van der Waals surface area (Å²) in [6.07, 6.45) is 0.407. The molecule has 0 aliphatic carbocycles. The Morgan fingerprint density at radius 1 is 1.36 bits per heavy atom. The van der Waals surface area contributed by atoms with Gasteiger partial charge in [-0.2, -0.15) is 5.01 Å². The third kappa shape index (κ3) is 2.95. The van der Waals surface area contributed by atoms with Gasteiger partial charge in [-0.15, -0.1) is 11.8 Å². The van der Waals surface area contributed by atoms with Crippen molar-refractivity contribution in [1.82, 2.24) is 15.8 Å². The number of thioether (sulfide) groups is 1. The van der Waals surface area contributed by atoms with E-state index in [4.69, 9.17) is 0 Å². The van der Waals surface area contributed by atoms with Crippen molar-refractivity contribution < 1.29 is 19.2 Å². The zero-order chi connectivity index (χ0) is 18.4. The molecule has 0 spiro atoms. The third-order valence-electron chi connectivity index (χ3n) is 4.35. The molecule has 1 aromatic carbocycles. The molecule has 3 N–H and O–H groups in total. The lowest BCUT2D eigenvalue weighted by atomic mass is 10.00. The van der Waals surface area contributed by atoms with Gasteiger partial charge in [0.1, 0.15) is 5.54 Å². The molecule has 2 heterocycles. The van der Waals surface area contributed by atoms with Crippen molar-refractivity contribution in [3.63, 3.8) is 0 Å². The molecule has 1 aromatic rings. The van der Waals surface area contributed by atoms with Gasteiger partial charge in [0.05, 0.1) is 10.9 Å². The van der Waals surface area contributed by atoms with Crippen LogP contribution in [0.15, 0.2) is 23.1 Å². The molecule has 0 aromatic heterocycles. The maximum absolute atomic E-state index is 12.4. The molecule has 1 saturated heterocycles. The Morgan fingerprint density at radius 3 is 2.72 bits per heavy atom. The summed E-state index contributed by atoms with van der Waals surface area (Å²) >= 11 is 1.40. The van der Waals surface area contributed by atoms with Gasteiger partial charge in [0.2, 0.25) is 5.91 Å². The predicted molar refractivity (Wildman–Crippen MR) is 91.9 cm³/mol. The Balaban J connectivity index is 1.79. The summed E-state index contributed by atoms with van der Waals surface area (Å²) in [6, 6.07) is 4.17. The van der Waals surface area contributed by atoms with Crippen molar-refractivity contribution in [3.05, 3.63) is 23.8 Å². The van der Waals surface area contributed by atoms with E-state index in [1.165, 1.54) is 17.8 Å².